The van der Waals surface area contributed by atoms with Crippen LogP contribution >= 0.6 is 8.45 Å². The fraction of sp³-hybridized carbons (Fsp3) is 0.625. The van der Waals surface area contributed by atoms with Crippen LogP contribution < -0.4 is 4.67 Å². The fourth-order valence-corrected chi connectivity index (χ4v) is 6.01. The molecule has 0 bridgehead atoms. The van der Waals surface area contributed by atoms with Gasteiger partial charge in [0.1, 0.15) is 0 Å². The molecular weight excluding hydrogens is 267 g/mol. The van der Waals surface area contributed by atoms with E-state index in [-0.39, 0.29) is 5.60 Å². The second kappa shape index (κ2) is 4.98. The summed E-state index contributed by atoms with van der Waals surface area (Å²) in [5, 5.41) is 0. The minimum atomic E-state index is -0.601. The van der Waals surface area contributed by atoms with Crippen LogP contribution in [0.25, 0.3) is 0 Å². The van der Waals surface area contributed by atoms with Crippen LogP contribution in [0.5, 0.6) is 0 Å². The van der Waals surface area contributed by atoms with Crippen molar-refractivity contribution < 1.29 is 4.52 Å². The summed E-state index contributed by atoms with van der Waals surface area (Å²) in [4.78, 5) is 0. The first-order valence-corrected chi connectivity index (χ1v) is 9.00. The summed E-state index contributed by atoms with van der Waals surface area (Å²) in [6, 6.07) is 11.5. The molecule has 4 heteroatoms. The Bertz CT molecular complexity index is 477. The molecule has 4 rings (SSSR count). The number of hydrogen-bond donors (Lipinski definition) is 0. The van der Waals surface area contributed by atoms with Gasteiger partial charge >= 0.3 is 0 Å². The van der Waals surface area contributed by atoms with E-state index >= 15 is 0 Å². The highest BCUT2D eigenvalue weighted by atomic mass is 31.2. The van der Waals surface area contributed by atoms with E-state index in [9.17, 15) is 0 Å². The monoisotopic (exact) mass is 290 g/mol. The van der Waals surface area contributed by atoms with Crippen molar-refractivity contribution in [1.82, 2.24) is 4.67 Å². The first kappa shape index (κ1) is 13.1. The summed E-state index contributed by atoms with van der Waals surface area (Å²) >= 11 is 0. The van der Waals surface area contributed by atoms with E-state index in [1.165, 1.54) is 44.3 Å². The number of benzene rings is 1. The first-order valence-electron chi connectivity index (χ1n) is 7.84. The first-order chi connectivity index (χ1) is 9.75. The van der Waals surface area contributed by atoms with E-state index < -0.39 is 8.45 Å². The van der Waals surface area contributed by atoms with E-state index in [1.807, 2.05) is 0 Å². The molecule has 1 saturated carbocycles. The maximum atomic E-state index is 6.63. The molecule has 3 aliphatic rings. The van der Waals surface area contributed by atoms with Gasteiger partial charge in [0, 0.05) is 24.8 Å². The number of anilines is 1. The van der Waals surface area contributed by atoms with Crippen LogP contribution in [0.4, 0.5) is 5.69 Å². The van der Waals surface area contributed by atoms with Crippen LogP contribution in [0, 0.1) is 0 Å². The molecule has 2 atom stereocenters. The molecule has 1 aromatic rings. The minimum Gasteiger partial charge on any atom is -0.321 e. The van der Waals surface area contributed by atoms with Gasteiger partial charge in [0.15, 0.2) is 0 Å². The molecule has 3 fully saturated rings. The lowest BCUT2D eigenvalue weighted by Gasteiger charge is -2.43. The Morgan fingerprint density at radius 2 is 2.00 bits per heavy atom. The van der Waals surface area contributed by atoms with Gasteiger partial charge in [0.2, 0.25) is 8.45 Å². The smallest absolute Gasteiger partial charge is 0.218 e. The molecule has 0 N–H and O–H groups in total. The van der Waals surface area contributed by atoms with Crippen molar-refractivity contribution in [3.63, 3.8) is 0 Å². The topological polar surface area (TPSA) is 15.7 Å². The van der Waals surface area contributed by atoms with Crippen molar-refractivity contribution in [2.24, 2.45) is 0 Å². The Morgan fingerprint density at radius 3 is 2.70 bits per heavy atom. The second-order valence-corrected chi connectivity index (χ2v) is 8.21. The van der Waals surface area contributed by atoms with Crippen molar-refractivity contribution in [1.29, 1.82) is 0 Å². The standard InChI is InChI=1S/C16H23N2OP/c1-16(10-6-11-16)19-20-17-12-5-9-15(17)13-18(20)14-7-3-2-4-8-14/h2-4,7-8,15H,5-6,9-13H2,1H3/t15-,20?/m0/s1. The zero-order valence-electron chi connectivity index (χ0n) is 12.2. The lowest BCUT2D eigenvalue weighted by Crippen LogP contribution is -2.37. The van der Waals surface area contributed by atoms with E-state index in [4.69, 9.17) is 4.52 Å². The molecule has 3 nitrogen and oxygen atoms in total. The van der Waals surface area contributed by atoms with Gasteiger partial charge in [-0.3, -0.25) is 0 Å². The quantitative estimate of drug-likeness (QED) is 0.778. The van der Waals surface area contributed by atoms with Crippen LogP contribution in [0.15, 0.2) is 30.3 Å². The van der Waals surface area contributed by atoms with Gasteiger partial charge in [0.05, 0.1) is 5.60 Å². The van der Waals surface area contributed by atoms with Crippen molar-refractivity contribution in [3.8, 4) is 0 Å². The summed E-state index contributed by atoms with van der Waals surface area (Å²) < 4.78 is 11.8. The maximum absolute atomic E-state index is 6.63. The normalized spacial score (nSPS) is 32.1. The molecule has 108 valence electrons. The lowest BCUT2D eigenvalue weighted by molar-refractivity contribution is 0.0168. The molecule has 2 saturated heterocycles. The lowest BCUT2D eigenvalue weighted by atomic mass is 9.82. The maximum Gasteiger partial charge on any atom is 0.218 e. The van der Waals surface area contributed by atoms with E-state index in [0.29, 0.717) is 6.04 Å². The summed E-state index contributed by atoms with van der Waals surface area (Å²) in [5.41, 5.74) is 1.46. The van der Waals surface area contributed by atoms with Crippen molar-refractivity contribution in [3.05, 3.63) is 30.3 Å². The third-order valence-corrected chi connectivity index (χ3v) is 7.30. The SMILES string of the molecule is CC1(OP2N(c3ccccc3)C[C@@H]3CCCN32)CCC1. The molecule has 2 heterocycles. The summed E-state index contributed by atoms with van der Waals surface area (Å²) in [6.07, 6.45) is 6.46. The van der Waals surface area contributed by atoms with Gasteiger partial charge < -0.3 is 9.19 Å². The summed E-state index contributed by atoms with van der Waals surface area (Å²) in [7, 11) is -0.601. The minimum absolute atomic E-state index is 0.135. The third-order valence-electron chi connectivity index (χ3n) is 4.92. The van der Waals surface area contributed by atoms with E-state index in [1.54, 1.807) is 0 Å². The van der Waals surface area contributed by atoms with Gasteiger partial charge in [-0.05, 0) is 51.2 Å². The van der Waals surface area contributed by atoms with Crippen molar-refractivity contribution in [2.75, 3.05) is 17.8 Å². The average molecular weight is 290 g/mol. The van der Waals surface area contributed by atoms with E-state index in [0.717, 1.165) is 6.54 Å². The Morgan fingerprint density at radius 1 is 1.20 bits per heavy atom. The highest BCUT2D eigenvalue weighted by Gasteiger charge is 2.48. The number of rotatable bonds is 3. The number of nitrogens with zero attached hydrogens (tertiary/aromatic N) is 2. The Kier molecular flexibility index (Phi) is 3.25. The van der Waals surface area contributed by atoms with Gasteiger partial charge in [-0.1, -0.05) is 18.2 Å². The van der Waals surface area contributed by atoms with Crippen LogP contribution in [0.2, 0.25) is 0 Å². The Balaban J connectivity index is 1.60. The van der Waals surface area contributed by atoms with Gasteiger partial charge in [0.25, 0.3) is 0 Å². The zero-order valence-corrected chi connectivity index (χ0v) is 13.1. The van der Waals surface area contributed by atoms with Crippen LogP contribution in [-0.4, -0.2) is 29.4 Å². The molecule has 20 heavy (non-hydrogen) atoms. The fourth-order valence-electron chi connectivity index (χ4n) is 3.51. The highest BCUT2D eigenvalue weighted by Crippen LogP contribution is 2.60. The Hall–Kier alpha value is -0.630. The Labute approximate surface area is 122 Å². The third kappa shape index (κ3) is 2.16. The van der Waals surface area contributed by atoms with Crippen molar-refractivity contribution >= 4 is 14.1 Å². The molecule has 1 unspecified atom stereocenters. The molecule has 0 radical (unpaired) electrons. The van der Waals surface area contributed by atoms with Gasteiger partial charge in [-0.15, -0.1) is 0 Å². The van der Waals surface area contributed by atoms with Gasteiger partial charge in [-0.25, -0.2) is 4.67 Å². The molecule has 0 aromatic heterocycles. The molecule has 2 aliphatic heterocycles. The summed E-state index contributed by atoms with van der Waals surface area (Å²) in [6.45, 7) is 4.66. The van der Waals surface area contributed by atoms with Crippen molar-refractivity contribution in [2.45, 2.75) is 50.7 Å². The predicted molar refractivity (Wildman–Crippen MR) is 83.8 cm³/mol. The molecule has 1 aromatic carbocycles. The predicted octanol–water partition coefficient (Wildman–Crippen LogP) is 4.16. The zero-order chi connectivity index (χ0) is 13.6. The number of para-hydroxylation sites is 1. The molecular formula is C16H23N2OP. The van der Waals surface area contributed by atoms with Crippen LogP contribution in [-0.2, 0) is 4.52 Å². The molecule has 0 amide bonds. The summed E-state index contributed by atoms with van der Waals surface area (Å²) in [5.74, 6) is 0. The molecule has 1 aliphatic carbocycles. The van der Waals surface area contributed by atoms with Gasteiger partial charge in [-0.2, -0.15) is 0 Å². The highest BCUT2D eigenvalue weighted by molar-refractivity contribution is 7.52. The molecule has 0 spiro atoms. The van der Waals surface area contributed by atoms with Crippen LogP contribution in [0.3, 0.4) is 0 Å². The van der Waals surface area contributed by atoms with E-state index in [2.05, 4.69) is 46.6 Å². The average Bonchev–Trinajstić information content (AvgIpc) is 3.01. The van der Waals surface area contributed by atoms with Crippen LogP contribution in [0.1, 0.15) is 39.0 Å². The number of fused-ring (bicyclic) bond motifs is 1. The number of hydrogen-bond acceptors (Lipinski definition) is 3. The second-order valence-electron chi connectivity index (χ2n) is 6.52. The largest absolute Gasteiger partial charge is 0.321 e.